The van der Waals surface area contributed by atoms with Crippen molar-refractivity contribution >= 4 is 0 Å². The number of rotatable bonds is 3. The minimum Gasteiger partial charge on any atom is -0.256 e. The number of hydrogen-bond acceptors (Lipinski definition) is 1. The van der Waals surface area contributed by atoms with Crippen molar-refractivity contribution in [3.05, 3.63) is 78.0 Å². The number of hydrogen-bond donors (Lipinski definition) is 0. The maximum Gasteiger partial charge on any atom is 0.0704 e. The van der Waals surface area contributed by atoms with Crippen LogP contribution in [0, 0.1) is 12.3 Å². The first-order valence-electron chi connectivity index (χ1n) is 8.54. The Hall–Kier alpha value is -2.41. The minimum absolute atomic E-state index is 0.279. The van der Waals surface area contributed by atoms with Gasteiger partial charge in [-0.2, -0.15) is 0 Å². The topological polar surface area (TPSA) is 12.9 Å². The third-order valence-corrected chi connectivity index (χ3v) is 4.17. The molecule has 0 aliphatic heterocycles. The Bertz CT molecular complexity index is 840. The van der Waals surface area contributed by atoms with Crippen LogP contribution < -0.4 is 0 Å². The van der Waals surface area contributed by atoms with Gasteiger partial charge in [-0.1, -0.05) is 63.2 Å². The Kier molecular flexibility index (Phi) is 4.53. The van der Waals surface area contributed by atoms with Crippen molar-refractivity contribution in [2.75, 3.05) is 0 Å². The lowest BCUT2D eigenvalue weighted by molar-refractivity contribution is 0.411. The standard InChI is InChI=1S/C23H25N/c1-17-8-5-6-11-21(17)19-9-7-10-20(15-19)22-14-18(12-13-24-22)16-23(2,3)4/h5-15H,16H2,1-4H3. The fourth-order valence-corrected chi connectivity index (χ4v) is 3.10. The molecule has 1 nitrogen and oxygen atoms in total. The van der Waals surface area contributed by atoms with Crippen LogP contribution in [0.25, 0.3) is 22.4 Å². The summed E-state index contributed by atoms with van der Waals surface area (Å²) in [7, 11) is 0. The molecule has 24 heavy (non-hydrogen) atoms. The van der Waals surface area contributed by atoms with Crippen LogP contribution in [-0.2, 0) is 6.42 Å². The lowest BCUT2D eigenvalue weighted by atomic mass is 9.88. The average molecular weight is 315 g/mol. The summed E-state index contributed by atoms with van der Waals surface area (Å²) in [6.07, 6.45) is 2.98. The molecule has 0 radical (unpaired) electrons. The zero-order valence-corrected chi connectivity index (χ0v) is 15.0. The van der Waals surface area contributed by atoms with E-state index in [1.165, 1.54) is 27.8 Å². The van der Waals surface area contributed by atoms with Crippen molar-refractivity contribution in [3.8, 4) is 22.4 Å². The molecule has 1 heterocycles. The normalized spacial score (nSPS) is 11.5. The second-order valence-corrected chi connectivity index (χ2v) is 7.68. The van der Waals surface area contributed by atoms with E-state index in [0.717, 1.165) is 12.1 Å². The molecular formula is C23H25N. The van der Waals surface area contributed by atoms with Gasteiger partial charge in [0.1, 0.15) is 0 Å². The van der Waals surface area contributed by atoms with Gasteiger partial charge in [0.05, 0.1) is 5.69 Å². The summed E-state index contributed by atoms with van der Waals surface area (Å²) >= 11 is 0. The second kappa shape index (κ2) is 6.60. The molecule has 1 aromatic heterocycles. The summed E-state index contributed by atoms with van der Waals surface area (Å²) < 4.78 is 0. The molecule has 0 unspecified atom stereocenters. The van der Waals surface area contributed by atoms with Crippen molar-refractivity contribution in [1.29, 1.82) is 0 Å². The van der Waals surface area contributed by atoms with Gasteiger partial charge in [0.15, 0.2) is 0 Å². The van der Waals surface area contributed by atoms with Crippen molar-refractivity contribution in [2.24, 2.45) is 5.41 Å². The zero-order chi connectivity index (χ0) is 17.2. The van der Waals surface area contributed by atoms with Crippen LogP contribution in [0.5, 0.6) is 0 Å². The molecular weight excluding hydrogens is 290 g/mol. The highest BCUT2D eigenvalue weighted by atomic mass is 14.7. The van der Waals surface area contributed by atoms with Crippen molar-refractivity contribution in [1.82, 2.24) is 4.98 Å². The van der Waals surface area contributed by atoms with Crippen LogP contribution in [0.1, 0.15) is 31.9 Å². The quantitative estimate of drug-likeness (QED) is 0.551. The van der Waals surface area contributed by atoms with Gasteiger partial charge in [0.25, 0.3) is 0 Å². The Labute approximate surface area is 145 Å². The molecule has 0 atom stereocenters. The summed E-state index contributed by atoms with van der Waals surface area (Å²) in [4.78, 5) is 4.60. The monoisotopic (exact) mass is 315 g/mol. The summed E-state index contributed by atoms with van der Waals surface area (Å²) in [5.74, 6) is 0. The zero-order valence-electron chi connectivity index (χ0n) is 15.0. The van der Waals surface area contributed by atoms with E-state index in [0.29, 0.717) is 0 Å². The molecule has 0 aliphatic rings. The predicted molar refractivity (Wildman–Crippen MR) is 103 cm³/mol. The second-order valence-electron chi connectivity index (χ2n) is 7.68. The first-order valence-corrected chi connectivity index (χ1v) is 8.54. The first-order chi connectivity index (χ1) is 11.4. The molecule has 0 saturated carbocycles. The van der Waals surface area contributed by atoms with Crippen molar-refractivity contribution in [3.63, 3.8) is 0 Å². The smallest absolute Gasteiger partial charge is 0.0704 e. The first kappa shape index (κ1) is 16.4. The number of pyridine rings is 1. The highest BCUT2D eigenvalue weighted by Crippen LogP contribution is 2.28. The number of aromatic nitrogens is 1. The molecule has 0 aliphatic carbocycles. The van der Waals surface area contributed by atoms with E-state index in [2.05, 4.69) is 93.3 Å². The number of benzene rings is 2. The summed E-state index contributed by atoms with van der Waals surface area (Å²) in [5, 5.41) is 0. The maximum absolute atomic E-state index is 4.60. The largest absolute Gasteiger partial charge is 0.256 e. The van der Waals surface area contributed by atoms with E-state index in [1.54, 1.807) is 0 Å². The van der Waals surface area contributed by atoms with Crippen LogP contribution in [0.4, 0.5) is 0 Å². The molecule has 1 heteroatoms. The Morgan fingerprint density at radius 3 is 2.33 bits per heavy atom. The van der Waals surface area contributed by atoms with Gasteiger partial charge in [0.2, 0.25) is 0 Å². The number of nitrogens with zero attached hydrogens (tertiary/aromatic N) is 1. The molecule has 0 N–H and O–H groups in total. The third-order valence-electron chi connectivity index (χ3n) is 4.17. The van der Waals surface area contributed by atoms with Gasteiger partial charge in [-0.3, -0.25) is 4.98 Å². The summed E-state index contributed by atoms with van der Waals surface area (Å²) in [6.45, 7) is 8.97. The van der Waals surface area contributed by atoms with E-state index in [9.17, 15) is 0 Å². The van der Waals surface area contributed by atoms with E-state index in [1.807, 2.05) is 6.20 Å². The lowest BCUT2D eigenvalue weighted by Gasteiger charge is -2.18. The molecule has 0 bridgehead atoms. The van der Waals surface area contributed by atoms with Crippen LogP contribution in [0.15, 0.2) is 66.9 Å². The van der Waals surface area contributed by atoms with Crippen LogP contribution in [0.2, 0.25) is 0 Å². The van der Waals surface area contributed by atoms with Crippen LogP contribution in [-0.4, -0.2) is 4.98 Å². The highest BCUT2D eigenvalue weighted by molar-refractivity contribution is 5.73. The van der Waals surface area contributed by atoms with E-state index >= 15 is 0 Å². The molecule has 0 amide bonds. The third kappa shape index (κ3) is 3.91. The Morgan fingerprint density at radius 1 is 0.833 bits per heavy atom. The number of aryl methyl sites for hydroxylation is 1. The molecule has 2 aromatic carbocycles. The lowest BCUT2D eigenvalue weighted by Crippen LogP contribution is -2.09. The van der Waals surface area contributed by atoms with Crippen molar-refractivity contribution < 1.29 is 0 Å². The Morgan fingerprint density at radius 2 is 1.58 bits per heavy atom. The van der Waals surface area contributed by atoms with E-state index < -0.39 is 0 Å². The van der Waals surface area contributed by atoms with Crippen LogP contribution >= 0.6 is 0 Å². The highest BCUT2D eigenvalue weighted by Gasteiger charge is 2.12. The van der Waals surface area contributed by atoms with Crippen LogP contribution in [0.3, 0.4) is 0 Å². The molecule has 0 saturated heterocycles. The summed E-state index contributed by atoms with van der Waals surface area (Å²) in [6, 6.07) is 21.5. The fourth-order valence-electron chi connectivity index (χ4n) is 3.10. The van der Waals surface area contributed by atoms with Gasteiger partial charge in [-0.25, -0.2) is 0 Å². The predicted octanol–water partition coefficient (Wildman–Crippen LogP) is 6.31. The van der Waals surface area contributed by atoms with Crippen molar-refractivity contribution in [2.45, 2.75) is 34.1 Å². The molecule has 3 rings (SSSR count). The molecule has 3 aromatic rings. The molecule has 0 fully saturated rings. The average Bonchev–Trinajstić information content (AvgIpc) is 2.54. The van der Waals surface area contributed by atoms with Gasteiger partial charge in [-0.15, -0.1) is 0 Å². The van der Waals surface area contributed by atoms with Gasteiger partial charge >= 0.3 is 0 Å². The van der Waals surface area contributed by atoms with E-state index in [-0.39, 0.29) is 5.41 Å². The molecule has 0 spiro atoms. The summed E-state index contributed by atoms with van der Waals surface area (Å²) in [5.41, 5.74) is 7.66. The van der Waals surface area contributed by atoms with Gasteiger partial charge < -0.3 is 0 Å². The maximum atomic E-state index is 4.60. The van der Waals surface area contributed by atoms with Gasteiger partial charge in [-0.05, 0) is 59.2 Å². The van der Waals surface area contributed by atoms with Gasteiger partial charge in [0, 0.05) is 11.8 Å². The molecule has 122 valence electrons. The fraction of sp³-hybridized carbons (Fsp3) is 0.261. The Balaban J connectivity index is 1.98. The SMILES string of the molecule is Cc1ccccc1-c1cccc(-c2cc(CC(C)(C)C)ccn2)c1. The van der Waals surface area contributed by atoms with E-state index in [4.69, 9.17) is 0 Å². The minimum atomic E-state index is 0.279.